The Kier molecular flexibility index (Phi) is 10.9. The summed E-state index contributed by atoms with van der Waals surface area (Å²) in [5, 5.41) is 15.3. The van der Waals surface area contributed by atoms with Crippen LogP contribution in [-0.2, 0) is 35.2 Å². The van der Waals surface area contributed by atoms with Gasteiger partial charge in [0.1, 0.15) is 0 Å². The van der Waals surface area contributed by atoms with Gasteiger partial charge in [-0.2, -0.15) is 0 Å². The van der Waals surface area contributed by atoms with Crippen LogP contribution in [0.2, 0.25) is 0 Å². The summed E-state index contributed by atoms with van der Waals surface area (Å²) in [5.41, 5.74) is 8.20. The van der Waals surface area contributed by atoms with Crippen molar-refractivity contribution >= 4 is 29.4 Å². The number of ether oxygens (including phenoxy) is 3. The Labute approximate surface area is 205 Å². The van der Waals surface area contributed by atoms with Crippen molar-refractivity contribution in [1.29, 1.82) is 0 Å². The van der Waals surface area contributed by atoms with E-state index >= 15 is 0 Å². The van der Waals surface area contributed by atoms with E-state index in [4.69, 9.17) is 24.6 Å². The van der Waals surface area contributed by atoms with Crippen molar-refractivity contribution in [2.24, 2.45) is 5.11 Å². The van der Waals surface area contributed by atoms with Crippen LogP contribution in [-0.4, -0.2) is 60.6 Å². The molecule has 0 N–H and O–H groups in total. The predicted molar refractivity (Wildman–Crippen MR) is 119 cm³/mol. The molecule has 1 saturated heterocycles. The number of nitro groups is 1. The van der Waals surface area contributed by atoms with E-state index in [0.717, 1.165) is 0 Å². The number of benzene rings is 1. The molecule has 2 amide bonds. The van der Waals surface area contributed by atoms with Gasteiger partial charge in [0.05, 0.1) is 37.7 Å². The number of hydrogen-bond acceptors (Lipinski definition) is 11. The van der Waals surface area contributed by atoms with Gasteiger partial charge in [-0.25, -0.2) is 4.79 Å². The minimum Gasteiger partial charge on any atom is -0.493 e. The number of esters is 1. The van der Waals surface area contributed by atoms with Gasteiger partial charge in [0.2, 0.25) is 0 Å². The number of imide groups is 1. The number of hydroxylamine groups is 2. The lowest BCUT2D eigenvalue weighted by Gasteiger charge is -2.14. The molecule has 0 radical (unpaired) electrons. The Hall–Kier alpha value is -4.39. The maximum absolute atomic E-state index is 11.9. The summed E-state index contributed by atoms with van der Waals surface area (Å²) in [7, 11) is 1.35. The highest BCUT2D eigenvalue weighted by atomic mass is 16.7. The zero-order valence-electron chi connectivity index (χ0n) is 19.5. The second kappa shape index (κ2) is 14.1. The lowest BCUT2D eigenvalue weighted by atomic mass is 10.1. The van der Waals surface area contributed by atoms with Crippen LogP contribution in [0.4, 0.5) is 5.69 Å². The minimum absolute atomic E-state index is 0.00883. The van der Waals surface area contributed by atoms with Gasteiger partial charge in [-0.15, -0.1) is 5.06 Å². The van der Waals surface area contributed by atoms with Crippen LogP contribution in [0.15, 0.2) is 17.2 Å². The number of methoxy groups -OCH3 is 1. The number of amides is 2. The van der Waals surface area contributed by atoms with Gasteiger partial charge in [-0.05, 0) is 24.4 Å². The van der Waals surface area contributed by atoms with Crippen molar-refractivity contribution in [3.8, 4) is 11.5 Å². The highest BCUT2D eigenvalue weighted by Gasteiger charge is 2.32. The van der Waals surface area contributed by atoms with Crippen LogP contribution in [0.25, 0.3) is 10.4 Å². The molecule has 1 fully saturated rings. The molecule has 36 heavy (non-hydrogen) atoms. The fourth-order valence-electron chi connectivity index (χ4n) is 3.12. The smallest absolute Gasteiger partial charge is 0.333 e. The summed E-state index contributed by atoms with van der Waals surface area (Å²) in [6.45, 7) is 0.0285. The molecule has 1 aliphatic heterocycles. The minimum atomic E-state index is -0.789. The fraction of sp³-hybridized carbons (Fsp3) is 0.524. The Morgan fingerprint density at radius 3 is 2.44 bits per heavy atom. The molecule has 0 aromatic heterocycles. The fourth-order valence-corrected chi connectivity index (χ4v) is 3.12. The number of azide groups is 1. The van der Waals surface area contributed by atoms with Gasteiger partial charge in [0, 0.05) is 42.7 Å². The summed E-state index contributed by atoms with van der Waals surface area (Å²) in [6, 6.07) is 2.58. The zero-order valence-corrected chi connectivity index (χ0v) is 19.5. The van der Waals surface area contributed by atoms with Crippen molar-refractivity contribution in [2.75, 3.05) is 26.9 Å². The number of carbonyl (C=O) groups is 4. The lowest BCUT2D eigenvalue weighted by Crippen LogP contribution is -2.32. The van der Waals surface area contributed by atoms with Crippen LogP contribution in [0.1, 0.15) is 44.1 Å². The van der Waals surface area contributed by atoms with E-state index in [1.807, 2.05) is 0 Å². The molecule has 0 spiro atoms. The second-order valence-corrected chi connectivity index (χ2v) is 7.41. The monoisotopic (exact) mass is 507 g/mol. The molecule has 2 rings (SSSR count). The van der Waals surface area contributed by atoms with Gasteiger partial charge >= 0.3 is 11.9 Å². The molecule has 1 heterocycles. The average molecular weight is 507 g/mol. The summed E-state index contributed by atoms with van der Waals surface area (Å²) >= 11 is 0. The molecule has 1 aromatic rings. The lowest BCUT2D eigenvalue weighted by molar-refractivity contribution is -0.385. The Morgan fingerprint density at radius 2 is 1.81 bits per heavy atom. The number of rotatable bonds is 15. The molecule has 194 valence electrons. The van der Waals surface area contributed by atoms with Gasteiger partial charge in [-0.3, -0.25) is 24.5 Å². The molecule has 1 aliphatic rings. The van der Waals surface area contributed by atoms with Crippen LogP contribution in [0, 0.1) is 10.1 Å². The number of carbonyl (C=O) groups excluding carboxylic acids is 4. The van der Waals surface area contributed by atoms with Crippen molar-refractivity contribution in [3.63, 3.8) is 0 Å². The topological polar surface area (TPSA) is 200 Å². The SMILES string of the molecule is COc1cc(CCOC(=O)CCCN=[N+]=[N-])c([N+](=O)[O-])cc1OCCCC(=O)ON1C(=O)CCC1=O. The zero-order chi connectivity index (χ0) is 26.5. The summed E-state index contributed by atoms with van der Waals surface area (Å²) < 4.78 is 15.9. The third-order valence-corrected chi connectivity index (χ3v) is 4.88. The quantitative estimate of drug-likeness (QED) is 0.0496. The molecule has 0 saturated carbocycles. The largest absolute Gasteiger partial charge is 0.493 e. The van der Waals surface area contributed by atoms with Crippen molar-refractivity contribution < 1.29 is 43.1 Å². The van der Waals surface area contributed by atoms with Gasteiger partial charge < -0.3 is 19.0 Å². The normalized spacial score (nSPS) is 12.6. The molecule has 0 aliphatic carbocycles. The molecule has 0 unspecified atom stereocenters. The van der Waals surface area contributed by atoms with Crippen LogP contribution in [0.3, 0.4) is 0 Å². The van der Waals surface area contributed by atoms with E-state index in [1.165, 1.54) is 19.2 Å². The van der Waals surface area contributed by atoms with Gasteiger partial charge in [-0.1, -0.05) is 5.11 Å². The number of hydrogen-bond donors (Lipinski definition) is 0. The van der Waals surface area contributed by atoms with Gasteiger partial charge in [0.25, 0.3) is 17.5 Å². The van der Waals surface area contributed by atoms with Crippen molar-refractivity contribution in [2.45, 2.75) is 44.9 Å². The number of nitro benzene ring substituents is 1. The van der Waals surface area contributed by atoms with Crippen molar-refractivity contribution in [3.05, 3.63) is 38.3 Å². The maximum atomic E-state index is 11.9. The van der Waals surface area contributed by atoms with E-state index in [1.54, 1.807) is 0 Å². The third kappa shape index (κ3) is 8.43. The molecule has 15 heteroatoms. The van der Waals surface area contributed by atoms with E-state index in [-0.39, 0.29) is 81.0 Å². The number of nitrogens with zero attached hydrogens (tertiary/aromatic N) is 5. The summed E-state index contributed by atoms with van der Waals surface area (Å²) in [6.07, 6.45) is 0.396. The molecular weight excluding hydrogens is 482 g/mol. The van der Waals surface area contributed by atoms with Gasteiger partial charge in [0.15, 0.2) is 11.5 Å². The summed E-state index contributed by atoms with van der Waals surface area (Å²) in [4.78, 5) is 64.8. The third-order valence-electron chi connectivity index (χ3n) is 4.88. The Balaban J connectivity index is 1.89. The first-order valence-corrected chi connectivity index (χ1v) is 11.0. The first kappa shape index (κ1) is 27.9. The highest BCUT2D eigenvalue weighted by Crippen LogP contribution is 2.35. The second-order valence-electron chi connectivity index (χ2n) is 7.41. The Bertz CT molecular complexity index is 1040. The van der Waals surface area contributed by atoms with Crippen LogP contribution < -0.4 is 9.47 Å². The van der Waals surface area contributed by atoms with E-state index in [0.29, 0.717) is 11.5 Å². The first-order chi connectivity index (χ1) is 17.3. The Morgan fingerprint density at radius 1 is 1.11 bits per heavy atom. The maximum Gasteiger partial charge on any atom is 0.333 e. The van der Waals surface area contributed by atoms with E-state index < -0.39 is 28.7 Å². The summed E-state index contributed by atoms with van der Waals surface area (Å²) in [5.74, 6) is -2.20. The molecule has 1 aromatic carbocycles. The van der Waals surface area contributed by atoms with Crippen LogP contribution in [0.5, 0.6) is 11.5 Å². The molecule has 15 nitrogen and oxygen atoms in total. The van der Waals surface area contributed by atoms with E-state index in [9.17, 15) is 29.3 Å². The predicted octanol–water partition coefficient (Wildman–Crippen LogP) is 2.55. The molecule has 0 bridgehead atoms. The molecular formula is C21H25N5O10. The highest BCUT2D eigenvalue weighted by molar-refractivity contribution is 6.01. The molecule has 0 atom stereocenters. The van der Waals surface area contributed by atoms with Crippen LogP contribution >= 0.6 is 0 Å². The first-order valence-electron chi connectivity index (χ1n) is 11.0. The average Bonchev–Trinajstić information content (AvgIpc) is 3.16. The van der Waals surface area contributed by atoms with E-state index in [2.05, 4.69) is 10.0 Å². The standard InChI is InChI=1S/C21H25N5O10/c1-33-16-12-14(8-11-35-20(29)4-2-9-23-24-22)15(26(31)32)13-17(16)34-10-3-5-21(30)36-25-18(27)6-7-19(25)28/h12-13H,2-11H2,1H3. The van der Waals surface area contributed by atoms with Crippen molar-refractivity contribution in [1.82, 2.24) is 5.06 Å².